The fourth-order valence-electron chi connectivity index (χ4n) is 2.49. The lowest BCUT2D eigenvalue weighted by atomic mass is 10.1. The Morgan fingerprint density at radius 2 is 2.04 bits per heavy atom. The van der Waals surface area contributed by atoms with Crippen molar-refractivity contribution in [2.24, 2.45) is 4.99 Å². The van der Waals surface area contributed by atoms with E-state index >= 15 is 0 Å². The summed E-state index contributed by atoms with van der Waals surface area (Å²) in [5.41, 5.74) is 2.72. The Labute approximate surface area is 134 Å². The van der Waals surface area contributed by atoms with E-state index in [2.05, 4.69) is 10.3 Å². The van der Waals surface area contributed by atoms with Crippen LogP contribution in [0.1, 0.15) is 16.7 Å². The predicted octanol–water partition coefficient (Wildman–Crippen LogP) is 2.66. The summed E-state index contributed by atoms with van der Waals surface area (Å²) in [5, 5.41) is 14.2. The van der Waals surface area contributed by atoms with Crippen LogP contribution in [-0.2, 0) is 18.0 Å². The number of para-hydroxylation sites is 1. The molecular weight excluding hydrogens is 294 g/mol. The molecule has 0 saturated heterocycles. The highest BCUT2D eigenvalue weighted by Gasteiger charge is 2.12. The molecule has 6 nitrogen and oxygen atoms in total. The smallest absolute Gasteiger partial charge is 0.274 e. The fraction of sp³-hybridized carbons (Fsp3) is 0.235. The number of rotatable bonds is 6. The Bertz CT molecular complexity index is 743. The number of hydrogen-bond donors (Lipinski definition) is 1. The summed E-state index contributed by atoms with van der Waals surface area (Å²) in [7, 11) is 0. The van der Waals surface area contributed by atoms with Gasteiger partial charge >= 0.3 is 0 Å². The zero-order chi connectivity index (χ0) is 16.1. The normalized spacial score (nSPS) is 13.5. The minimum absolute atomic E-state index is 0.0887. The lowest BCUT2D eigenvalue weighted by Crippen LogP contribution is -2.19. The van der Waals surface area contributed by atoms with Crippen LogP contribution in [0.5, 0.6) is 0 Å². The summed E-state index contributed by atoms with van der Waals surface area (Å²) in [6, 6.07) is 14.6. The lowest BCUT2D eigenvalue weighted by molar-refractivity contribution is -0.386. The first-order chi connectivity index (χ1) is 11.2. The van der Waals surface area contributed by atoms with Crippen LogP contribution in [0.3, 0.4) is 0 Å². The van der Waals surface area contributed by atoms with Gasteiger partial charge in [-0.15, -0.1) is 0 Å². The second-order valence-corrected chi connectivity index (χ2v) is 5.24. The highest BCUT2D eigenvalue weighted by atomic mass is 16.6. The molecule has 3 rings (SSSR count). The molecule has 118 valence electrons. The molecule has 1 N–H and O–H groups in total. The van der Waals surface area contributed by atoms with E-state index in [4.69, 9.17) is 4.74 Å². The molecular formula is C17H17N3O3. The second-order valence-electron chi connectivity index (χ2n) is 5.24. The Kier molecular flexibility index (Phi) is 4.63. The molecule has 0 atom stereocenters. The number of aliphatic imine (C=N–C) groups is 1. The summed E-state index contributed by atoms with van der Waals surface area (Å²) >= 11 is 0. The first-order valence-corrected chi connectivity index (χ1v) is 7.42. The Morgan fingerprint density at radius 1 is 1.17 bits per heavy atom. The van der Waals surface area contributed by atoms with E-state index < -0.39 is 0 Å². The van der Waals surface area contributed by atoms with Crippen molar-refractivity contribution in [3.8, 4) is 0 Å². The van der Waals surface area contributed by atoms with E-state index in [1.165, 1.54) is 6.07 Å². The summed E-state index contributed by atoms with van der Waals surface area (Å²) in [6.45, 7) is 2.27. The van der Waals surface area contributed by atoms with Crippen LogP contribution in [0.25, 0.3) is 0 Å². The van der Waals surface area contributed by atoms with Crippen molar-refractivity contribution in [2.45, 2.75) is 13.2 Å². The first kappa shape index (κ1) is 15.2. The van der Waals surface area contributed by atoms with Crippen LogP contribution >= 0.6 is 0 Å². The Hall–Kier alpha value is -2.73. The van der Waals surface area contributed by atoms with Crippen molar-refractivity contribution in [1.29, 1.82) is 0 Å². The Morgan fingerprint density at radius 3 is 2.83 bits per heavy atom. The molecule has 0 saturated carbocycles. The van der Waals surface area contributed by atoms with E-state index in [1.807, 2.05) is 24.3 Å². The third kappa shape index (κ3) is 3.73. The largest absolute Gasteiger partial charge is 0.372 e. The molecule has 0 fully saturated rings. The molecule has 2 aromatic carbocycles. The van der Waals surface area contributed by atoms with Crippen LogP contribution in [0.4, 0.5) is 5.69 Å². The highest BCUT2D eigenvalue weighted by molar-refractivity contribution is 5.99. The maximum absolute atomic E-state index is 11.0. The van der Waals surface area contributed by atoms with Crippen molar-refractivity contribution in [3.63, 3.8) is 0 Å². The van der Waals surface area contributed by atoms with Crippen molar-refractivity contribution in [3.05, 3.63) is 75.3 Å². The molecule has 1 aliphatic heterocycles. The van der Waals surface area contributed by atoms with Gasteiger partial charge < -0.3 is 10.1 Å². The maximum atomic E-state index is 11.0. The summed E-state index contributed by atoms with van der Waals surface area (Å²) in [4.78, 5) is 15.0. The molecule has 0 unspecified atom stereocenters. The first-order valence-electron chi connectivity index (χ1n) is 7.42. The van der Waals surface area contributed by atoms with Gasteiger partial charge in [-0.25, -0.2) is 0 Å². The number of nitrogens with one attached hydrogen (secondary N) is 1. The van der Waals surface area contributed by atoms with Gasteiger partial charge in [0.25, 0.3) is 5.69 Å². The number of benzene rings is 2. The van der Waals surface area contributed by atoms with Gasteiger partial charge in [-0.05, 0) is 17.7 Å². The maximum Gasteiger partial charge on any atom is 0.274 e. The molecule has 2 aromatic rings. The van der Waals surface area contributed by atoms with E-state index in [1.54, 1.807) is 18.2 Å². The zero-order valence-electron chi connectivity index (χ0n) is 12.6. The average Bonchev–Trinajstić information content (AvgIpc) is 3.10. The van der Waals surface area contributed by atoms with E-state index in [0.717, 1.165) is 30.1 Å². The van der Waals surface area contributed by atoms with Gasteiger partial charge in [0.15, 0.2) is 0 Å². The number of nitro groups is 1. The monoisotopic (exact) mass is 311 g/mol. The molecule has 1 aliphatic rings. The minimum Gasteiger partial charge on any atom is -0.372 e. The van der Waals surface area contributed by atoms with Gasteiger partial charge in [0.1, 0.15) is 5.84 Å². The van der Waals surface area contributed by atoms with Crippen molar-refractivity contribution >= 4 is 11.5 Å². The van der Waals surface area contributed by atoms with Crippen LogP contribution in [0.2, 0.25) is 0 Å². The average molecular weight is 311 g/mol. The molecule has 0 radical (unpaired) electrons. The third-order valence-corrected chi connectivity index (χ3v) is 3.59. The zero-order valence-corrected chi connectivity index (χ0v) is 12.6. The van der Waals surface area contributed by atoms with E-state index in [-0.39, 0.29) is 17.2 Å². The molecule has 0 bridgehead atoms. The number of ether oxygens (including phenoxy) is 1. The van der Waals surface area contributed by atoms with Crippen molar-refractivity contribution in [1.82, 2.24) is 5.32 Å². The fourth-order valence-corrected chi connectivity index (χ4v) is 2.49. The molecule has 0 aliphatic carbocycles. The minimum atomic E-state index is -0.386. The molecule has 0 amide bonds. The van der Waals surface area contributed by atoms with Crippen molar-refractivity contribution < 1.29 is 9.66 Å². The van der Waals surface area contributed by atoms with Crippen LogP contribution < -0.4 is 5.32 Å². The summed E-state index contributed by atoms with van der Waals surface area (Å²) in [6.07, 6.45) is 0. The van der Waals surface area contributed by atoms with E-state index in [0.29, 0.717) is 12.2 Å². The highest BCUT2D eigenvalue weighted by Crippen LogP contribution is 2.19. The van der Waals surface area contributed by atoms with Gasteiger partial charge in [-0.1, -0.05) is 30.3 Å². The number of nitrogens with zero attached hydrogens (tertiary/aromatic N) is 2. The molecule has 6 heteroatoms. The topological polar surface area (TPSA) is 76.8 Å². The lowest BCUT2D eigenvalue weighted by Gasteiger charge is -2.08. The Balaban J connectivity index is 1.63. The molecule has 0 spiro atoms. The molecule has 23 heavy (non-hydrogen) atoms. The van der Waals surface area contributed by atoms with Gasteiger partial charge in [0.2, 0.25) is 0 Å². The standard InChI is InChI=1S/C17H17N3O3/c21-20(22)16-7-2-1-5-15(16)12-23-11-13-4-3-6-14(10-13)17-18-8-9-19-17/h1-7,10H,8-9,11-12H2,(H,18,19). The van der Waals surface area contributed by atoms with Gasteiger partial charge in [-0.2, -0.15) is 0 Å². The second kappa shape index (κ2) is 7.02. The van der Waals surface area contributed by atoms with Crippen LogP contribution in [0, 0.1) is 10.1 Å². The molecule has 0 aromatic heterocycles. The van der Waals surface area contributed by atoms with Crippen molar-refractivity contribution in [2.75, 3.05) is 13.1 Å². The number of nitro benzene ring substituents is 1. The number of hydrogen-bond acceptors (Lipinski definition) is 5. The van der Waals surface area contributed by atoms with E-state index in [9.17, 15) is 10.1 Å². The summed E-state index contributed by atoms with van der Waals surface area (Å²) < 4.78 is 5.65. The third-order valence-electron chi connectivity index (χ3n) is 3.59. The van der Waals surface area contributed by atoms with Gasteiger partial charge in [-0.3, -0.25) is 15.1 Å². The predicted molar refractivity (Wildman–Crippen MR) is 87.4 cm³/mol. The van der Waals surface area contributed by atoms with Crippen LogP contribution in [-0.4, -0.2) is 23.8 Å². The summed E-state index contributed by atoms with van der Waals surface area (Å²) in [5.74, 6) is 0.908. The number of amidine groups is 1. The van der Waals surface area contributed by atoms with Gasteiger partial charge in [0, 0.05) is 18.2 Å². The molecule has 1 heterocycles. The SMILES string of the molecule is O=[N+]([O-])c1ccccc1COCc1cccc(C2=NCCN2)c1. The quantitative estimate of drug-likeness (QED) is 0.657. The van der Waals surface area contributed by atoms with Crippen LogP contribution in [0.15, 0.2) is 53.5 Å². The van der Waals surface area contributed by atoms with Gasteiger partial charge in [0.05, 0.1) is 30.2 Å².